The number of hydrogen-bond acceptors (Lipinski definition) is 3. The molecule has 0 radical (unpaired) electrons. The van der Waals surface area contributed by atoms with Crippen LogP contribution in [0.3, 0.4) is 0 Å². The fraction of sp³-hybridized carbons (Fsp3) is 0.438. The number of ether oxygens (including phenoxy) is 1. The van der Waals surface area contributed by atoms with Gasteiger partial charge in [0.15, 0.2) is 6.10 Å². The highest BCUT2D eigenvalue weighted by Gasteiger charge is 2.16. The van der Waals surface area contributed by atoms with Crippen LogP contribution >= 0.6 is 0 Å². The first-order valence-electron chi connectivity index (χ1n) is 6.67. The van der Waals surface area contributed by atoms with Crippen LogP contribution in [-0.4, -0.2) is 25.1 Å². The van der Waals surface area contributed by atoms with Gasteiger partial charge in [0.05, 0.1) is 6.54 Å². The fourth-order valence-electron chi connectivity index (χ4n) is 2.05. The molecular weight excluding hydrogens is 252 g/mol. The molecule has 3 N–H and O–H groups in total. The van der Waals surface area contributed by atoms with Gasteiger partial charge in [-0.15, -0.1) is 6.42 Å². The van der Waals surface area contributed by atoms with Crippen LogP contribution in [0.4, 0.5) is 0 Å². The summed E-state index contributed by atoms with van der Waals surface area (Å²) in [6, 6.07) is 4.09. The summed E-state index contributed by atoms with van der Waals surface area (Å²) in [6.07, 6.45) is 5.36. The molecular formula is C16H22N2O2. The van der Waals surface area contributed by atoms with E-state index in [2.05, 4.69) is 11.2 Å². The molecule has 1 unspecified atom stereocenters. The first kappa shape index (κ1) is 16.1. The Labute approximate surface area is 120 Å². The predicted octanol–water partition coefficient (Wildman–Crippen LogP) is 1.32. The zero-order valence-electron chi connectivity index (χ0n) is 12.3. The largest absolute Gasteiger partial charge is 0.480 e. The Kier molecular flexibility index (Phi) is 6.08. The molecule has 108 valence electrons. The molecule has 1 aromatic carbocycles. The highest BCUT2D eigenvalue weighted by Crippen LogP contribution is 2.26. The van der Waals surface area contributed by atoms with Gasteiger partial charge >= 0.3 is 0 Å². The summed E-state index contributed by atoms with van der Waals surface area (Å²) in [7, 11) is 0. The van der Waals surface area contributed by atoms with Crippen molar-refractivity contribution >= 4 is 5.91 Å². The average Bonchev–Trinajstić information content (AvgIpc) is 2.40. The molecule has 4 nitrogen and oxygen atoms in total. The van der Waals surface area contributed by atoms with Gasteiger partial charge in [0, 0.05) is 0 Å². The predicted molar refractivity (Wildman–Crippen MR) is 80.6 cm³/mol. The van der Waals surface area contributed by atoms with Crippen molar-refractivity contribution in [3.8, 4) is 18.1 Å². The monoisotopic (exact) mass is 274 g/mol. The van der Waals surface area contributed by atoms with Crippen LogP contribution in [0.2, 0.25) is 0 Å². The van der Waals surface area contributed by atoms with Gasteiger partial charge in [-0.2, -0.15) is 0 Å². The van der Waals surface area contributed by atoms with Gasteiger partial charge in [0.2, 0.25) is 0 Å². The van der Waals surface area contributed by atoms with Gasteiger partial charge in [-0.25, -0.2) is 0 Å². The van der Waals surface area contributed by atoms with Crippen molar-refractivity contribution in [2.45, 2.75) is 33.3 Å². The Bertz CT molecular complexity index is 495. The molecule has 0 aromatic heterocycles. The lowest BCUT2D eigenvalue weighted by Crippen LogP contribution is -2.36. The Hall–Kier alpha value is -1.99. The average molecular weight is 274 g/mol. The normalized spacial score (nSPS) is 11.6. The molecule has 1 atom stereocenters. The Morgan fingerprint density at radius 1 is 1.45 bits per heavy atom. The lowest BCUT2D eigenvalue weighted by Gasteiger charge is -2.18. The summed E-state index contributed by atoms with van der Waals surface area (Å²) in [5, 5.41) is 2.61. The number of amides is 1. The quantitative estimate of drug-likeness (QED) is 0.769. The standard InChI is InChI=1S/C16H22N2O2/c1-5-8-18-16(19)13(4)20-15-11(2)9-14(6-7-17)10-12(15)3/h1,9-10,13H,6-8,17H2,2-4H3,(H,18,19). The molecule has 1 aromatic rings. The lowest BCUT2D eigenvalue weighted by atomic mass is 10.0. The Morgan fingerprint density at radius 3 is 2.55 bits per heavy atom. The van der Waals surface area contributed by atoms with Gasteiger partial charge in [0.1, 0.15) is 5.75 Å². The third-order valence-corrected chi connectivity index (χ3v) is 2.98. The summed E-state index contributed by atoms with van der Waals surface area (Å²) < 4.78 is 5.76. The second kappa shape index (κ2) is 7.56. The van der Waals surface area contributed by atoms with Crippen LogP contribution in [0.25, 0.3) is 0 Å². The second-order valence-electron chi connectivity index (χ2n) is 4.78. The summed E-state index contributed by atoms with van der Waals surface area (Å²) in [5.74, 6) is 2.89. The number of carbonyl (C=O) groups excluding carboxylic acids is 1. The molecule has 0 aliphatic rings. The number of rotatable bonds is 6. The topological polar surface area (TPSA) is 64.3 Å². The van der Waals surface area contributed by atoms with Crippen LogP contribution < -0.4 is 15.8 Å². The molecule has 20 heavy (non-hydrogen) atoms. The smallest absolute Gasteiger partial charge is 0.261 e. The van der Waals surface area contributed by atoms with Crippen LogP contribution in [0, 0.1) is 26.2 Å². The minimum atomic E-state index is -0.582. The van der Waals surface area contributed by atoms with Crippen LogP contribution in [-0.2, 0) is 11.2 Å². The molecule has 4 heteroatoms. The van der Waals surface area contributed by atoms with Gasteiger partial charge in [-0.3, -0.25) is 4.79 Å². The summed E-state index contributed by atoms with van der Waals surface area (Å²) in [5.41, 5.74) is 8.75. The molecule has 0 heterocycles. The van der Waals surface area contributed by atoms with Gasteiger partial charge in [-0.05, 0) is 50.4 Å². The van der Waals surface area contributed by atoms with Crippen molar-refractivity contribution in [1.82, 2.24) is 5.32 Å². The van der Waals surface area contributed by atoms with Gasteiger partial charge in [0.25, 0.3) is 5.91 Å². The summed E-state index contributed by atoms with van der Waals surface area (Å²) >= 11 is 0. The molecule has 0 spiro atoms. The number of aryl methyl sites for hydroxylation is 2. The number of hydrogen-bond donors (Lipinski definition) is 2. The number of nitrogens with two attached hydrogens (primary N) is 1. The van der Waals surface area contributed by atoms with E-state index >= 15 is 0 Å². The Morgan fingerprint density at radius 2 is 2.05 bits per heavy atom. The van der Waals surface area contributed by atoms with E-state index < -0.39 is 6.10 Å². The molecule has 1 rings (SSSR count). The maximum atomic E-state index is 11.8. The molecule has 1 amide bonds. The molecule has 0 aliphatic carbocycles. The van der Waals surface area contributed by atoms with Crippen LogP contribution in [0.1, 0.15) is 23.6 Å². The second-order valence-corrected chi connectivity index (χ2v) is 4.78. The van der Waals surface area contributed by atoms with Crippen LogP contribution in [0.5, 0.6) is 5.75 Å². The molecule has 0 fully saturated rings. The third-order valence-electron chi connectivity index (χ3n) is 2.98. The van der Waals surface area contributed by atoms with Crippen molar-refractivity contribution in [3.05, 3.63) is 28.8 Å². The van der Waals surface area contributed by atoms with Crippen molar-refractivity contribution in [3.63, 3.8) is 0 Å². The maximum Gasteiger partial charge on any atom is 0.261 e. The van der Waals surface area contributed by atoms with E-state index in [9.17, 15) is 4.79 Å². The molecule has 0 bridgehead atoms. The van der Waals surface area contributed by atoms with Crippen molar-refractivity contribution in [1.29, 1.82) is 0 Å². The number of benzene rings is 1. The highest BCUT2D eigenvalue weighted by molar-refractivity contribution is 5.81. The SMILES string of the molecule is C#CCNC(=O)C(C)Oc1c(C)cc(CCN)cc1C. The zero-order valence-corrected chi connectivity index (χ0v) is 12.3. The van der Waals surface area contributed by atoms with Crippen molar-refractivity contribution in [2.75, 3.05) is 13.1 Å². The maximum absolute atomic E-state index is 11.8. The van der Waals surface area contributed by atoms with Crippen molar-refractivity contribution < 1.29 is 9.53 Å². The van der Waals surface area contributed by atoms with E-state index in [0.717, 1.165) is 23.3 Å². The lowest BCUT2D eigenvalue weighted by molar-refractivity contribution is -0.127. The fourth-order valence-corrected chi connectivity index (χ4v) is 2.05. The zero-order chi connectivity index (χ0) is 15.1. The van der Waals surface area contributed by atoms with E-state index in [0.29, 0.717) is 6.54 Å². The first-order chi connectivity index (χ1) is 9.49. The Balaban J connectivity index is 2.82. The van der Waals surface area contributed by atoms with E-state index in [-0.39, 0.29) is 12.5 Å². The van der Waals surface area contributed by atoms with E-state index in [4.69, 9.17) is 16.9 Å². The number of nitrogens with one attached hydrogen (secondary N) is 1. The van der Waals surface area contributed by atoms with Crippen LogP contribution in [0.15, 0.2) is 12.1 Å². The van der Waals surface area contributed by atoms with Crippen molar-refractivity contribution in [2.24, 2.45) is 5.73 Å². The first-order valence-corrected chi connectivity index (χ1v) is 6.67. The molecule has 0 aliphatic heterocycles. The van der Waals surface area contributed by atoms with E-state index in [1.54, 1.807) is 6.92 Å². The summed E-state index contributed by atoms with van der Waals surface area (Å²) in [6.45, 7) is 6.46. The number of terminal acetylenes is 1. The summed E-state index contributed by atoms with van der Waals surface area (Å²) in [4.78, 5) is 11.8. The van der Waals surface area contributed by atoms with Gasteiger partial charge in [-0.1, -0.05) is 18.1 Å². The highest BCUT2D eigenvalue weighted by atomic mass is 16.5. The third kappa shape index (κ3) is 4.29. The van der Waals surface area contributed by atoms with Gasteiger partial charge < -0.3 is 15.8 Å². The number of carbonyl (C=O) groups is 1. The molecule has 0 saturated heterocycles. The minimum absolute atomic E-state index is 0.208. The molecule has 0 saturated carbocycles. The minimum Gasteiger partial charge on any atom is -0.480 e. The van der Waals surface area contributed by atoms with E-state index in [1.165, 1.54) is 5.56 Å². The van der Waals surface area contributed by atoms with E-state index in [1.807, 2.05) is 26.0 Å².